The fourth-order valence-electron chi connectivity index (χ4n) is 2.10. The van der Waals surface area contributed by atoms with Gasteiger partial charge in [0.25, 0.3) is 0 Å². The highest BCUT2D eigenvalue weighted by molar-refractivity contribution is 6.09. The van der Waals surface area contributed by atoms with Crippen molar-refractivity contribution in [1.29, 1.82) is 0 Å². The Hall–Kier alpha value is -2.33. The fourth-order valence-corrected chi connectivity index (χ4v) is 2.10. The molecule has 0 saturated carbocycles. The molecule has 0 saturated heterocycles. The summed E-state index contributed by atoms with van der Waals surface area (Å²) in [5, 5.41) is 0. The Bertz CT molecular complexity index is 596. The first-order valence-electron chi connectivity index (χ1n) is 7.16. The summed E-state index contributed by atoms with van der Waals surface area (Å²) in [5.74, 6) is 5.41. The van der Waals surface area contributed by atoms with Gasteiger partial charge in [-0.2, -0.15) is 0 Å². The molecule has 0 aliphatic rings. The number of nitrogens with zero attached hydrogens (tertiary/aromatic N) is 1. The molecule has 5 N–H and O–H groups in total. The van der Waals surface area contributed by atoms with Gasteiger partial charge in [0.05, 0.1) is 0 Å². The van der Waals surface area contributed by atoms with Crippen LogP contribution in [0, 0.1) is 0 Å². The Kier molecular flexibility index (Phi) is 6.13. The summed E-state index contributed by atoms with van der Waals surface area (Å²) >= 11 is 0. The molecule has 0 radical (unpaired) electrons. The number of aliphatic imine (C=N–C) groups is 1. The first kappa shape index (κ1) is 17.7. The number of hydrogen-bond acceptors (Lipinski definition) is 4. The molecule has 0 unspecified atom stereocenters. The van der Waals surface area contributed by atoms with Crippen LogP contribution in [0.25, 0.3) is 11.1 Å². The maximum absolute atomic E-state index is 5.75. The second-order valence-corrected chi connectivity index (χ2v) is 6.03. The summed E-state index contributed by atoms with van der Waals surface area (Å²) < 4.78 is 0. The molecule has 22 heavy (non-hydrogen) atoms. The molecule has 4 heteroatoms. The van der Waals surface area contributed by atoms with E-state index in [1.165, 1.54) is 5.56 Å². The van der Waals surface area contributed by atoms with E-state index in [-0.39, 0.29) is 5.41 Å². The van der Waals surface area contributed by atoms with Crippen molar-refractivity contribution in [3.8, 4) is 0 Å². The van der Waals surface area contributed by atoms with E-state index in [2.05, 4.69) is 56.0 Å². The van der Waals surface area contributed by atoms with Crippen molar-refractivity contribution in [1.82, 2.24) is 5.43 Å². The Morgan fingerprint density at radius 1 is 1.18 bits per heavy atom. The molecule has 1 aromatic rings. The van der Waals surface area contributed by atoms with Crippen molar-refractivity contribution in [2.45, 2.75) is 26.2 Å². The number of hydrogen-bond donors (Lipinski definition) is 3. The summed E-state index contributed by atoms with van der Waals surface area (Å²) in [5.41, 5.74) is 13.4. The minimum Gasteiger partial charge on any atom is -0.404 e. The molecule has 0 fully saturated rings. The molecule has 0 bridgehead atoms. The summed E-state index contributed by atoms with van der Waals surface area (Å²) in [6.45, 7) is 10.4. The van der Waals surface area contributed by atoms with Gasteiger partial charge >= 0.3 is 0 Å². The average Bonchev–Trinajstić information content (AvgIpc) is 2.48. The Morgan fingerprint density at radius 3 is 2.18 bits per heavy atom. The average molecular weight is 298 g/mol. The van der Waals surface area contributed by atoms with Gasteiger partial charge in [0.15, 0.2) is 0 Å². The van der Waals surface area contributed by atoms with Crippen molar-refractivity contribution in [3.05, 3.63) is 59.9 Å². The number of rotatable bonds is 5. The van der Waals surface area contributed by atoms with E-state index in [1.54, 1.807) is 31.7 Å². The molecular formula is C18H26N4. The van der Waals surface area contributed by atoms with E-state index in [4.69, 9.17) is 11.6 Å². The first-order valence-corrected chi connectivity index (χ1v) is 7.16. The van der Waals surface area contributed by atoms with Crippen LogP contribution in [0.15, 0.2) is 48.2 Å². The third-order valence-electron chi connectivity index (χ3n) is 3.37. The van der Waals surface area contributed by atoms with Crippen LogP contribution in [0.4, 0.5) is 0 Å². The van der Waals surface area contributed by atoms with Gasteiger partial charge in [0.1, 0.15) is 0 Å². The minimum atomic E-state index is 0.0102. The van der Waals surface area contributed by atoms with Gasteiger partial charge in [0, 0.05) is 31.2 Å². The quantitative estimate of drug-likeness (QED) is 0.338. The molecule has 4 nitrogen and oxygen atoms in total. The molecule has 0 heterocycles. The van der Waals surface area contributed by atoms with Gasteiger partial charge < -0.3 is 11.2 Å². The predicted octanol–water partition coefficient (Wildman–Crippen LogP) is 2.97. The number of benzene rings is 1. The molecule has 118 valence electrons. The number of nitrogens with one attached hydrogen (secondary N) is 1. The highest BCUT2D eigenvalue weighted by Gasteiger charge is 2.16. The third-order valence-corrected chi connectivity index (χ3v) is 3.37. The van der Waals surface area contributed by atoms with Crippen molar-refractivity contribution < 1.29 is 0 Å². The number of hydrazine groups is 1. The number of allylic oxidation sites excluding steroid dienone is 3. The third kappa shape index (κ3) is 4.33. The van der Waals surface area contributed by atoms with Crippen LogP contribution in [0.2, 0.25) is 0 Å². The van der Waals surface area contributed by atoms with Crippen molar-refractivity contribution in [3.63, 3.8) is 0 Å². The molecule has 0 spiro atoms. The molecule has 0 aliphatic carbocycles. The van der Waals surface area contributed by atoms with E-state index in [0.29, 0.717) is 0 Å². The van der Waals surface area contributed by atoms with E-state index in [9.17, 15) is 0 Å². The lowest BCUT2D eigenvalue weighted by Crippen LogP contribution is -2.15. The lowest BCUT2D eigenvalue weighted by Gasteiger charge is -2.22. The second kappa shape index (κ2) is 7.61. The standard InChI is InChI=1S/C18H26N4/c1-6-13(12-22-20)14-7-15(16(10-19)11-21-5)9-17(8-14)18(2,3)4/h6-12,22H,1,19-20H2,2-5H3/b13-12+,16-10+,21-11-. The summed E-state index contributed by atoms with van der Waals surface area (Å²) in [6, 6.07) is 6.34. The molecule has 0 atom stereocenters. The van der Waals surface area contributed by atoms with E-state index in [1.807, 2.05) is 0 Å². The second-order valence-electron chi connectivity index (χ2n) is 6.03. The van der Waals surface area contributed by atoms with Crippen molar-refractivity contribution >= 4 is 17.4 Å². The van der Waals surface area contributed by atoms with Crippen LogP contribution in [0.3, 0.4) is 0 Å². The lowest BCUT2D eigenvalue weighted by molar-refractivity contribution is 0.590. The normalized spacial score (nSPS) is 13.5. The Labute approximate surface area is 133 Å². The minimum absolute atomic E-state index is 0.0102. The van der Waals surface area contributed by atoms with E-state index >= 15 is 0 Å². The summed E-state index contributed by atoms with van der Waals surface area (Å²) in [7, 11) is 1.73. The van der Waals surface area contributed by atoms with Crippen LogP contribution < -0.4 is 17.0 Å². The van der Waals surface area contributed by atoms with E-state index < -0.39 is 0 Å². The zero-order valence-corrected chi connectivity index (χ0v) is 13.9. The van der Waals surface area contributed by atoms with Gasteiger partial charge in [-0.3, -0.25) is 10.8 Å². The van der Waals surface area contributed by atoms with Crippen LogP contribution in [-0.4, -0.2) is 13.3 Å². The highest BCUT2D eigenvalue weighted by atomic mass is 15.2. The smallest absolute Gasteiger partial charge is 0.0301 e. The SMILES string of the molecule is C=C/C(=C\NN)c1cc(C(/C=N\C)=C/N)cc(C(C)(C)C)c1. The molecular weight excluding hydrogens is 272 g/mol. The maximum Gasteiger partial charge on any atom is 0.0301 e. The zero-order chi connectivity index (χ0) is 16.8. The fraction of sp³-hybridized carbons (Fsp3) is 0.278. The van der Waals surface area contributed by atoms with E-state index in [0.717, 1.165) is 22.3 Å². The van der Waals surface area contributed by atoms with Crippen LogP contribution in [0.5, 0.6) is 0 Å². The predicted molar refractivity (Wildman–Crippen MR) is 97.2 cm³/mol. The monoisotopic (exact) mass is 298 g/mol. The largest absolute Gasteiger partial charge is 0.404 e. The molecule has 0 amide bonds. The first-order chi connectivity index (χ1) is 10.4. The zero-order valence-electron chi connectivity index (χ0n) is 13.9. The summed E-state index contributed by atoms with van der Waals surface area (Å²) in [4.78, 5) is 4.07. The number of nitrogens with two attached hydrogens (primary N) is 2. The van der Waals surface area contributed by atoms with Gasteiger partial charge in [-0.25, -0.2) is 0 Å². The molecule has 0 aliphatic heterocycles. The van der Waals surface area contributed by atoms with Crippen LogP contribution >= 0.6 is 0 Å². The summed E-state index contributed by atoms with van der Waals surface area (Å²) in [6.07, 6.45) is 6.81. The van der Waals surface area contributed by atoms with Crippen molar-refractivity contribution in [2.24, 2.45) is 16.6 Å². The highest BCUT2D eigenvalue weighted by Crippen LogP contribution is 2.29. The van der Waals surface area contributed by atoms with Gasteiger partial charge in [-0.1, -0.05) is 45.6 Å². The topological polar surface area (TPSA) is 76.4 Å². The van der Waals surface area contributed by atoms with Crippen LogP contribution in [0.1, 0.15) is 37.5 Å². The van der Waals surface area contributed by atoms with Crippen molar-refractivity contribution in [2.75, 3.05) is 7.05 Å². The van der Waals surface area contributed by atoms with Crippen LogP contribution in [-0.2, 0) is 5.41 Å². The molecule has 1 aromatic carbocycles. The Balaban J connectivity index is 3.59. The Morgan fingerprint density at radius 2 is 1.77 bits per heavy atom. The van der Waals surface area contributed by atoms with Gasteiger partial charge in [-0.05, 0) is 33.7 Å². The molecule has 1 rings (SSSR count). The maximum atomic E-state index is 5.75. The lowest BCUT2D eigenvalue weighted by atomic mass is 9.83. The van der Waals surface area contributed by atoms with Gasteiger partial charge in [-0.15, -0.1) is 0 Å². The van der Waals surface area contributed by atoms with Gasteiger partial charge in [0.2, 0.25) is 0 Å². The molecule has 0 aromatic heterocycles.